The van der Waals surface area contributed by atoms with Crippen LogP contribution in [0.5, 0.6) is 0 Å². The van der Waals surface area contributed by atoms with Gasteiger partial charge in [0.2, 0.25) is 5.95 Å². The summed E-state index contributed by atoms with van der Waals surface area (Å²) >= 11 is 0. The number of nitrogens with zero attached hydrogens (tertiary/aromatic N) is 4. The lowest BCUT2D eigenvalue weighted by Gasteiger charge is -2.13. The fraction of sp³-hybridized carbons (Fsp3) is 0. The van der Waals surface area contributed by atoms with E-state index in [2.05, 4.69) is 167 Å². The average Bonchev–Trinajstić information content (AvgIpc) is 3.68. The van der Waals surface area contributed by atoms with Crippen molar-refractivity contribution in [2.75, 3.05) is 0 Å². The van der Waals surface area contributed by atoms with Crippen molar-refractivity contribution in [3.8, 4) is 34.2 Å². The van der Waals surface area contributed by atoms with Crippen LogP contribution < -0.4 is 0 Å². The first kappa shape index (κ1) is 26.7. The van der Waals surface area contributed by atoms with Gasteiger partial charge in [-0.2, -0.15) is 0 Å². The zero-order valence-electron chi connectivity index (χ0n) is 26.0. The van der Waals surface area contributed by atoms with Crippen LogP contribution in [0.1, 0.15) is 0 Å². The molecule has 0 spiro atoms. The van der Waals surface area contributed by atoms with Gasteiger partial charge in [0.25, 0.3) is 0 Å². The molecule has 0 atom stereocenters. The van der Waals surface area contributed by atoms with Crippen molar-refractivity contribution >= 4 is 54.4 Å². The van der Waals surface area contributed by atoms with Gasteiger partial charge in [-0.15, -0.1) is 0 Å². The number of para-hydroxylation sites is 2. The summed E-state index contributed by atoms with van der Waals surface area (Å²) in [6.45, 7) is 0. The third-order valence-electron chi connectivity index (χ3n) is 9.53. The Labute approximate surface area is 276 Å². The Morgan fingerprint density at radius 1 is 0.375 bits per heavy atom. The summed E-state index contributed by atoms with van der Waals surface area (Å²) in [6, 6.07) is 60.0. The lowest BCUT2D eigenvalue weighted by atomic mass is 10.1. The summed E-state index contributed by atoms with van der Waals surface area (Å²) in [5, 5.41) is 7.16. The largest absolute Gasteiger partial charge is 0.309 e. The molecule has 0 unspecified atom stereocenters. The first-order valence-corrected chi connectivity index (χ1v) is 16.3. The predicted octanol–water partition coefficient (Wildman–Crippen LogP) is 11.2. The molecule has 0 aliphatic carbocycles. The molecule has 0 N–H and O–H groups in total. The topological polar surface area (TPSA) is 35.6 Å². The molecule has 3 aromatic heterocycles. The van der Waals surface area contributed by atoms with Gasteiger partial charge in [0.15, 0.2) is 0 Å². The minimum Gasteiger partial charge on any atom is -0.309 e. The third kappa shape index (κ3) is 3.96. The first-order valence-electron chi connectivity index (χ1n) is 16.3. The standard InChI is InChI=1S/C44H28N4/c1-3-15-30(16-4-1)36-28-37(31-17-5-2-6-18-31)46-44(45-36)48-39-23-11-9-21-33(39)34-26-27-41-42(43(34)48)35-22-10-12-24-40(35)47(41)38-25-13-19-29-14-7-8-20-32(29)38/h1-28H. The molecule has 10 aromatic rings. The van der Waals surface area contributed by atoms with E-state index in [9.17, 15) is 0 Å². The normalized spacial score (nSPS) is 11.8. The van der Waals surface area contributed by atoms with Crippen LogP contribution in [0.2, 0.25) is 0 Å². The smallest absolute Gasteiger partial charge is 0.235 e. The van der Waals surface area contributed by atoms with Crippen LogP contribution in [0.3, 0.4) is 0 Å². The van der Waals surface area contributed by atoms with Crippen LogP contribution in [-0.4, -0.2) is 19.1 Å². The maximum atomic E-state index is 5.31. The number of hydrogen-bond acceptors (Lipinski definition) is 2. The minimum atomic E-state index is 0.649. The Kier molecular flexibility index (Phi) is 5.84. The van der Waals surface area contributed by atoms with E-state index >= 15 is 0 Å². The van der Waals surface area contributed by atoms with Crippen molar-refractivity contribution in [1.82, 2.24) is 19.1 Å². The summed E-state index contributed by atoms with van der Waals surface area (Å²) in [4.78, 5) is 10.6. The van der Waals surface area contributed by atoms with Gasteiger partial charge in [-0.1, -0.05) is 140 Å². The van der Waals surface area contributed by atoms with Crippen LogP contribution in [0.15, 0.2) is 170 Å². The molecule has 0 aliphatic heterocycles. The summed E-state index contributed by atoms with van der Waals surface area (Å²) in [5.41, 5.74) is 9.53. The molecule has 48 heavy (non-hydrogen) atoms. The van der Waals surface area contributed by atoms with Gasteiger partial charge in [0.05, 0.1) is 39.1 Å². The van der Waals surface area contributed by atoms with Gasteiger partial charge in [0.1, 0.15) is 0 Å². The number of aromatic nitrogens is 4. The van der Waals surface area contributed by atoms with Crippen LogP contribution in [0.25, 0.3) is 88.5 Å². The highest BCUT2D eigenvalue weighted by Gasteiger charge is 2.23. The summed E-state index contributed by atoms with van der Waals surface area (Å²) in [6.07, 6.45) is 0. The number of fused-ring (bicyclic) bond motifs is 8. The van der Waals surface area contributed by atoms with E-state index in [0.717, 1.165) is 50.3 Å². The maximum Gasteiger partial charge on any atom is 0.235 e. The fourth-order valence-corrected chi connectivity index (χ4v) is 7.43. The molecule has 0 fully saturated rings. The van der Waals surface area contributed by atoms with Gasteiger partial charge in [0, 0.05) is 38.1 Å². The number of hydrogen-bond donors (Lipinski definition) is 0. The van der Waals surface area contributed by atoms with Gasteiger partial charge in [-0.3, -0.25) is 4.57 Å². The highest BCUT2D eigenvalue weighted by Crippen LogP contribution is 2.42. The molecule has 0 amide bonds. The van der Waals surface area contributed by atoms with E-state index in [0.29, 0.717) is 5.95 Å². The Morgan fingerprint density at radius 2 is 0.938 bits per heavy atom. The van der Waals surface area contributed by atoms with Crippen molar-refractivity contribution < 1.29 is 0 Å². The molecule has 0 radical (unpaired) electrons. The van der Waals surface area contributed by atoms with E-state index in [-0.39, 0.29) is 0 Å². The first-order chi connectivity index (χ1) is 23.8. The summed E-state index contributed by atoms with van der Waals surface area (Å²) < 4.78 is 4.71. The van der Waals surface area contributed by atoms with Crippen LogP contribution >= 0.6 is 0 Å². The van der Waals surface area contributed by atoms with Crippen molar-refractivity contribution in [3.63, 3.8) is 0 Å². The number of rotatable bonds is 4. The van der Waals surface area contributed by atoms with E-state index in [4.69, 9.17) is 9.97 Å². The molecule has 0 saturated heterocycles. The van der Waals surface area contributed by atoms with Gasteiger partial charge in [-0.25, -0.2) is 9.97 Å². The highest BCUT2D eigenvalue weighted by molar-refractivity contribution is 6.26. The molecule has 0 saturated carbocycles. The van der Waals surface area contributed by atoms with Crippen molar-refractivity contribution in [2.45, 2.75) is 0 Å². The molecular weight excluding hydrogens is 585 g/mol. The Balaban J connectivity index is 1.37. The molecule has 7 aromatic carbocycles. The van der Waals surface area contributed by atoms with E-state index in [1.807, 2.05) is 12.1 Å². The lowest BCUT2D eigenvalue weighted by Crippen LogP contribution is -2.04. The SMILES string of the molecule is c1ccc(-c2cc(-c3ccccc3)nc(-n3c4ccccc4c4ccc5c(c6ccccc6n5-c5cccc6ccccc56)c43)n2)cc1. The van der Waals surface area contributed by atoms with Crippen LogP contribution in [-0.2, 0) is 0 Å². The Bertz CT molecular complexity index is 2760. The lowest BCUT2D eigenvalue weighted by molar-refractivity contribution is 0.998. The maximum absolute atomic E-state index is 5.31. The van der Waals surface area contributed by atoms with Gasteiger partial charge < -0.3 is 4.57 Å². The molecule has 4 nitrogen and oxygen atoms in total. The molecule has 0 aliphatic rings. The van der Waals surface area contributed by atoms with Crippen molar-refractivity contribution in [3.05, 3.63) is 170 Å². The third-order valence-corrected chi connectivity index (χ3v) is 9.53. The fourth-order valence-electron chi connectivity index (χ4n) is 7.43. The number of benzene rings is 7. The zero-order chi connectivity index (χ0) is 31.6. The molecule has 0 bridgehead atoms. The van der Waals surface area contributed by atoms with Crippen molar-refractivity contribution in [1.29, 1.82) is 0 Å². The van der Waals surface area contributed by atoms with Gasteiger partial charge >= 0.3 is 0 Å². The second-order valence-corrected chi connectivity index (χ2v) is 12.2. The monoisotopic (exact) mass is 612 g/mol. The quantitative estimate of drug-likeness (QED) is 0.198. The van der Waals surface area contributed by atoms with Crippen LogP contribution in [0, 0.1) is 0 Å². The highest BCUT2D eigenvalue weighted by atomic mass is 15.2. The van der Waals surface area contributed by atoms with Crippen molar-refractivity contribution in [2.24, 2.45) is 0 Å². The second kappa shape index (κ2) is 10.5. The van der Waals surface area contributed by atoms with E-state index < -0.39 is 0 Å². The molecule has 4 heteroatoms. The van der Waals surface area contributed by atoms with E-state index in [1.54, 1.807) is 0 Å². The van der Waals surface area contributed by atoms with Crippen LogP contribution in [0.4, 0.5) is 0 Å². The second-order valence-electron chi connectivity index (χ2n) is 12.2. The average molecular weight is 613 g/mol. The zero-order valence-corrected chi connectivity index (χ0v) is 26.0. The summed E-state index contributed by atoms with van der Waals surface area (Å²) in [7, 11) is 0. The molecule has 10 rings (SSSR count). The van der Waals surface area contributed by atoms with Gasteiger partial charge in [-0.05, 0) is 35.7 Å². The predicted molar refractivity (Wildman–Crippen MR) is 199 cm³/mol. The summed E-state index contributed by atoms with van der Waals surface area (Å²) in [5.74, 6) is 0.649. The molecule has 224 valence electrons. The Morgan fingerprint density at radius 3 is 1.65 bits per heavy atom. The molecular formula is C44H28N4. The van der Waals surface area contributed by atoms with E-state index in [1.165, 1.54) is 32.3 Å². The minimum absolute atomic E-state index is 0.649. The Hall–Kier alpha value is -6.52. The molecule has 3 heterocycles.